The molecule has 0 bridgehead atoms. The van der Waals surface area contributed by atoms with Crippen molar-refractivity contribution in [3.63, 3.8) is 0 Å². The SMILES string of the molecule is O=C(O)c1ccc(CNC(=O)c2ccc(-c3ccccc3[N+](=O)[O-])o2)cc1. The quantitative estimate of drug-likeness (QED) is 0.508. The lowest BCUT2D eigenvalue weighted by atomic mass is 10.1. The molecule has 2 aromatic carbocycles. The van der Waals surface area contributed by atoms with Crippen molar-refractivity contribution in [2.24, 2.45) is 0 Å². The standard InChI is InChI=1S/C19H14N2O6/c22-18(20-11-12-5-7-13(8-6-12)19(23)24)17-10-9-16(27-17)14-3-1-2-4-15(14)21(25)26/h1-10H,11H2,(H,20,22)(H,23,24). The summed E-state index contributed by atoms with van der Waals surface area (Å²) in [6.45, 7) is 0.181. The number of furan rings is 1. The molecule has 3 rings (SSSR count). The van der Waals surface area contributed by atoms with E-state index in [9.17, 15) is 19.7 Å². The Bertz CT molecular complexity index is 1010. The number of carbonyl (C=O) groups is 2. The summed E-state index contributed by atoms with van der Waals surface area (Å²) in [5, 5.41) is 22.6. The molecule has 0 radical (unpaired) electrons. The number of nitro groups is 1. The van der Waals surface area contributed by atoms with Crippen LogP contribution in [-0.2, 0) is 6.54 Å². The first-order chi connectivity index (χ1) is 13.0. The fourth-order valence-corrected chi connectivity index (χ4v) is 2.48. The van der Waals surface area contributed by atoms with E-state index >= 15 is 0 Å². The third-order valence-electron chi connectivity index (χ3n) is 3.85. The number of nitrogens with one attached hydrogen (secondary N) is 1. The lowest BCUT2D eigenvalue weighted by Crippen LogP contribution is -2.22. The van der Waals surface area contributed by atoms with E-state index in [0.29, 0.717) is 0 Å². The van der Waals surface area contributed by atoms with Crippen LogP contribution in [0.4, 0.5) is 5.69 Å². The van der Waals surface area contributed by atoms with Crippen LogP contribution in [0.15, 0.2) is 65.1 Å². The summed E-state index contributed by atoms with van der Waals surface area (Å²) in [5.74, 6) is -1.27. The van der Waals surface area contributed by atoms with Gasteiger partial charge in [-0.3, -0.25) is 14.9 Å². The number of hydrogen-bond acceptors (Lipinski definition) is 5. The third kappa shape index (κ3) is 4.01. The Balaban J connectivity index is 1.70. The van der Waals surface area contributed by atoms with E-state index in [1.54, 1.807) is 30.3 Å². The maximum Gasteiger partial charge on any atom is 0.335 e. The van der Waals surface area contributed by atoms with Crippen LogP contribution in [-0.4, -0.2) is 21.9 Å². The van der Waals surface area contributed by atoms with Gasteiger partial charge in [0.25, 0.3) is 11.6 Å². The molecule has 8 nitrogen and oxygen atoms in total. The smallest absolute Gasteiger partial charge is 0.335 e. The topological polar surface area (TPSA) is 123 Å². The van der Waals surface area contributed by atoms with Crippen molar-refractivity contribution < 1.29 is 24.0 Å². The number of aromatic carboxylic acids is 1. The molecule has 0 saturated heterocycles. The van der Waals surface area contributed by atoms with Crippen molar-refractivity contribution in [2.75, 3.05) is 0 Å². The summed E-state index contributed by atoms with van der Waals surface area (Å²) >= 11 is 0. The van der Waals surface area contributed by atoms with Crippen LogP contribution in [0, 0.1) is 10.1 Å². The maximum absolute atomic E-state index is 12.2. The Morgan fingerprint density at radius 2 is 1.74 bits per heavy atom. The number of amides is 1. The number of nitro benzene ring substituents is 1. The number of carboxylic acids is 1. The maximum atomic E-state index is 12.2. The van der Waals surface area contributed by atoms with Gasteiger partial charge in [0, 0.05) is 12.6 Å². The van der Waals surface area contributed by atoms with Gasteiger partial charge in [-0.25, -0.2) is 4.79 Å². The van der Waals surface area contributed by atoms with Gasteiger partial charge < -0.3 is 14.8 Å². The molecule has 136 valence electrons. The summed E-state index contributed by atoms with van der Waals surface area (Å²) < 4.78 is 5.47. The molecule has 0 saturated carbocycles. The summed E-state index contributed by atoms with van der Waals surface area (Å²) in [7, 11) is 0. The number of rotatable bonds is 6. The van der Waals surface area contributed by atoms with Gasteiger partial charge in [-0.2, -0.15) is 0 Å². The molecule has 27 heavy (non-hydrogen) atoms. The first kappa shape index (κ1) is 17.9. The fourth-order valence-electron chi connectivity index (χ4n) is 2.48. The molecule has 0 atom stereocenters. The Labute approximate surface area is 153 Å². The normalized spacial score (nSPS) is 10.4. The predicted octanol–water partition coefficient (Wildman–Crippen LogP) is 3.48. The lowest BCUT2D eigenvalue weighted by Gasteiger charge is -2.04. The average Bonchev–Trinajstić information content (AvgIpc) is 3.16. The Morgan fingerprint density at radius 3 is 2.41 bits per heavy atom. The first-order valence-corrected chi connectivity index (χ1v) is 7.90. The van der Waals surface area contributed by atoms with Gasteiger partial charge in [0.05, 0.1) is 16.1 Å². The van der Waals surface area contributed by atoms with Crippen LogP contribution in [0.1, 0.15) is 26.5 Å². The zero-order valence-corrected chi connectivity index (χ0v) is 13.9. The van der Waals surface area contributed by atoms with Gasteiger partial charge in [-0.05, 0) is 35.9 Å². The second-order valence-electron chi connectivity index (χ2n) is 5.62. The van der Waals surface area contributed by atoms with Crippen molar-refractivity contribution in [2.45, 2.75) is 6.54 Å². The highest BCUT2D eigenvalue weighted by Gasteiger charge is 2.19. The summed E-state index contributed by atoms with van der Waals surface area (Å²) in [6.07, 6.45) is 0. The molecule has 0 aliphatic heterocycles. The first-order valence-electron chi connectivity index (χ1n) is 7.90. The number of benzene rings is 2. The molecular formula is C19H14N2O6. The van der Waals surface area contributed by atoms with Gasteiger partial charge in [0.15, 0.2) is 5.76 Å². The highest BCUT2D eigenvalue weighted by atomic mass is 16.6. The molecule has 2 N–H and O–H groups in total. The van der Waals surface area contributed by atoms with E-state index in [4.69, 9.17) is 9.52 Å². The Morgan fingerprint density at radius 1 is 1.04 bits per heavy atom. The highest BCUT2D eigenvalue weighted by molar-refractivity contribution is 5.92. The number of nitrogens with zero attached hydrogens (tertiary/aromatic N) is 1. The largest absolute Gasteiger partial charge is 0.478 e. The van der Waals surface area contributed by atoms with E-state index in [0.717, 1.165) is 5.56 Å². The van der Waals surface area contributed by atoms with E-state index in [2.05, 4.69) is 5.32 Å². The summed E-state index contributed by atoms with van der Waals surface area (Å²) in [4.78, 5) is 33.6. The molecule has 1 aromatic heterocycles. The molecule has 0 aliphatic rings. The van der Waals surface area contributed by atoms with E-state index < -0.39 is 16.8 Å². The molecule has 0 spiro atoms. The van der Waals surface area contributed by atoms with E-state index in [1.165, 1.54) is 30.3 Å². The van der Waals surface area contributed by atoms with Crippen molar-refractivity contribution in [3.05, 3.63) is 87.7 Å². The number of carboxylic acid groups (broad SMARTS) is 1. The fraction of sp³-hybridized carbons (Fsp3) is 0.0526. The van der Waals surface area contributed by atoms with Crippen LogP contribution in [0.2, 0.25) is 0 Å². The second-order valence-corrected chi connectivity index (χ2v) is 5.62. The van der Waals surface area contributed by atoms with Crippen LogP contribution in [0.5, 0.6) is 0 Å². The number of para-hydroxylation sites is 1. The average molecular weight is 366 g/mol. The zero-order valence-electron chi connectivity index (χ0n) is 13.9. The number of hydrogen-bond donors (Lipinski definition) is 2. The highest BCUT2D eigenvalue weighted by Crippen LogP contribution is 2.30. The molecule has 8 heteroatoms. The van der Waals surface area contributed by atoms with Gasteiger partial charge in [-0.1, -0.05) is 24.3 Å². The van der Waals surface area contributed by atoms with Crippen molar-refractivity contribution in [3.8, 4) is 11.3 Å². The molecule has 1 amide bonds. The van der Waals surface area contributed by atoms with Gasteiger partial charge in [-0.15, -0.1) is 0 Å². The van der Waals surface area contributed by atoms with Crippen LogP contribution < -0.4 is 5.32 Å². The Hall–Kier alpha value is -3.94. The Kier molecular flexibility index (Phi) is 4.98. The van der Waals surface area contributed by atoms with Crippen molar-refractivity contribution >= 4 is 17.6 Å². The van der Waals surface area contributed by atoms with Crippen molar-refractivity contribution in [1.29, 1.82) is 0 Å². The van der Waals surface area contributed by atoms with Gasteiger partial charge in [0.2, 0.25) is 0 Å². The second kappa shape index (κ2) is 7.52. The monoisotopic (exact) mass is 366 g/mol. The minimum Gasteiger partial charge on any atom is -0.478 e. The van der Waals surface area contributed by atoms with Crippen LogP contribution in [0.3, 0.4) is 0 Å². The number of carbonyl (C=O) groups excluding carboxylic acids is 1. The van der Waals surface area contributed by atoms with Gasteiger partial charge in [0.1, 0.15) is 5.76 Å². The predicted molar refractivity (Wildman–Crippen MR) is 95.4 cm³/mol. The zero-order chi connectivity index (χ0) is 19.4. The summed E-state index contributed by atoms with van der Waals surface area (Å²) in [6, 6.07) is 15.1. The molecule has 0 unspecified atom stereocenters. The minimum absolute atomic E-state index is 0.0188. The molecule has 3 aromatic rings. The van der Waals surface area contributed by atoms with E-state index in [-0.39, 0.29) is 34.9 Å². The molecule has 0 fully saturated rings. The molecule has 0 aliphatic carbocycles. The lowest BCUT2D eigenvalue weighted by molar-refractivity contribution is -0.384. The molecule has 1 heterocycles. The van der Waals surface area contributed by atoms with Crippen molar-refractivity contribution in [1.82, 2.24) is 5.32 Å². The van der Waals surface area contributed by atoms with Crippen LogP contribution in [0.25, 0.3) is 11.3 Å². The van der Waals surface area contributed by atoms with E-state index in [1.807, 2.05) is 0 Å². The van der Waals surface area contributed by atoms with Crippen LogP contribution >= 0.6 is 0 Å². The van der Waals surface area contributed by atoms with Gasteiger partial charge >= 0.3 is 5.97 Å². The summed E-state index contributed by atoms with van der Waals surface area (Å²) in [5.41, 5.74) is 1.05. The third-order valence-corrected chi connectivity index (χ3v) is 3.85. The molecular weight excluding hydrogens is 352 g/mol. The minimum atomic E-state index is -1.02.